The van der Waals surface area contributed by atoms with E-state index in [2.05, 4.69) is 69.2 Å². The molecule has 0 spiro atoms. The van der Waals surface area contributed by atoms with Crippen molar-refractivity contribution < 1.29 is 0 Å². The van der Waals surface area contributed by atoms with E-state index in [1.165, 1.54) is 6.16 Å². The van der Waals surface area contributed by atoms with Crippen LogP contribution in [0.25, 0.3) is 0 Å². The van der Waals surface area contributed by atoms with Gasteiger partial charge < -0.3 is 0 Å². The number of rotatable bonds is 3. The van der Waals surface area contributed by atoms with Gasteiger partial charge in [0.2, 0.25) is 0 Å². The molecule has 0 aliphatic carbocycles. The normalized spacial score (nSPS) is 17.1. The summed E-state index contributed by atoms with van der Waals surface area (Å²) in [4.78, 5) is 0. The predicted octanol–water partition coefficient (Wildman–Crippen LogP) is 5.93. The van der Waals surface area contributed by atoms with Crippen LogP contribution in [0.4, 0.5) is 0 Å². The molecule has 0 radical (unpaired) electrons. The van der Waals surface area contributed by atoms with Gasteiger partial charge in [-0.2, -0.15) is 0 Å². The van der Waals surface area contributed by atoms with E-state index in [-0.39, 0.29) is 7.92 Å². The summed E-state index contributed by atoms with van der Waals surface area (Å²) < 4.78 is 0. The smallest absolute Gasteiger partial charge is 0.0172 e. The highest BCUT2D eigenvalue weighted by Gasteiger charge is 2.37. The third kappa shape index (κ3) is 7.12. The molecule has 0 heterocycles. The Bertz CT molecular complexity index is 211. The molecule has 0 aromatic heterocycles. The summed E-state index contributed by atoms with van der Waals surface area (Å²) in [7, 11) is 1.14. The minimum absolute atomic E-state index is 0.0499. The average molecular weight is 276 g/mol. The Balaban J connectivity index is 4.74. The van der Waals surface area contributed by atoms with Gasteiger partial charge in [0.1, 0.15) is 0 Å². The first-order chi connectivity index (χ1) is 7.25. The van der Waals surface area contributed by atoms with E-state index < -0.39 is 0 Å². The minimum atomic E-state index is 0.0499. The first kappa shape index (κ1) is 17.9. The molecule has 2 heteroatoms. The Morgan fingerprint density at radius 2 is 1.18 bits per heavy atom. The average Bonchev–Trinajstić information content (AvgIpc) is 1.93. The van der Waals surface area contributed by atoms with E-state index in [0.29, 0.717) is 15.5 Å². The molecule has 0 amide bonds. The summed E-state index contributed by atoms with van der Waals surface area (Å²) in [6.45, 7) is 24.2. The molecule has 0 rings (SSSR count). The fraction of sp³-hybridized carbons (Fsp3) is 1.00. The lowest BCUT2D eigenvalue weighted by atomic mass is 10.2. The Hall–Kier alpha value is 0.860. The molecular weight excluding hydrogens is 242 g/mol. The van der Waals surface area contributed by atoms with Gasteiger partial charge in [-0.25, -0.2) is 0 Å². The summed E-state index contributed by atoms with van der Waals surface area (Å²) in [6.07, 6.45) is 1.41. The second-order valence-corrected chi connectivity index (χ2v) is 14.8. The molecule has 0 aliphatic heterocycles. The zero-order chi connectivity index (χ0) is 14.1. The van der Waals surface area contributed by atoms with E-state index in [9.17, 15) is 0 Å². The van der Waals surface area contributed by atoms with Crippen molar-refractivity contribution in [1.82, 2.24) is 0 Å². The van der Waals surface area contributed by atoms with Gasteiger partial charge in [-0.05, 0) is 27.3 Å². The van der Waals surface area contributed by atoms with Crippen LogP contribution in [0.2, 0.25) is 0 Å². The van der Waals surface area contributed by atoms with Crippen molar-refractivity contribution in [3.05, 3.63) is 0 Å². The largest absolute Gasteiger partial charge is 0.116 e. The van der Waals surface area contributed by atoms with Gasteiger partial charge in [0.05, 0.1) is 0 Å². The molecule has 0 aromatic rings. The molecule has 1 unspecified atom stereocenters. The molecule has 0 saturated carbocycles. The predicted molar refractivity (Wildman–Crippen MR) is 88.8 cm³/mol. The van der Waals surface area contributed by atoms with Crippen LogP contribution in [0.3, 0.4) is 0 Å². The Morgan fingerprint density at radius 3 is 1.41 bits per heavy atom. The molecular formula is C15H34P2. The summed E-state index contributed by atoms with van der Waals surface area (Å²) in [6, 6.07) is 0. The highest BCUT2D eigenvalue weighted by molar-refractivity contribution is 7.62. The standard InChI is InChI=1S/C15H34P2/c1-12(11-16-13(2,3)4)17(14(5,6)7)15(8,9)10/h12,16H,11H2,1-10H3/t12-/m0/s1. The molecule has 0 bridgehead atoms. The zero-order valence-corrected chi connectivity index (χ0v) is 15.6. The lowest BCUT2D eigenvalue weighted by Gasteiger charge is -2.46. The maximum atomic E-state index is 2.49. The number of hydrogen-bond donors (Lipinski definition) is 0. The van der Waals surface area contributed by atoms with Crippen LogP contribution in [0, 0.1) is 0 Å². The minimum Gasteiger partial charge on any atom is -0.116 e. The molecule has 0 nitrogen and oxygen atoms in total. The van der Waals surface area contributed by atoms with Crippen molar-refractivity contribution in [3.8, 4) is 0 Å². The highest BCUT2D eigenvalue weighted by atomic mass is 31.1. The van der Waals surface area contributed by atoms with E-state index in [0.717, 1.165) is 14.2 Å². The molecule has 2 atom stereocenters. The van der Waals surface area contributed by atoms with Gasteiger partial charge in [0, 0.05) is 0 Å². The van der Waals surface area contributed by atoms with Crippen LogP contribution in [0.1, 0.15) is 69.2 Å². The van der Waals surface area contributed by atoms with Crippen molar-refractivity contribution in [2.45, 2.75) is 90.4 Å². The Kier molecular flexibility index (Phi) is 6.18. The first-order valence-electron chi connectivity index (χ1n) is 6.79. The van der Waals surface area contributed by atoms with Crippen LogP contribution in [-0.2, 0) is 0 Å². The zero-order valence-electron chi connectivity index (χ0n) is 13.7. The quantitative estimate of drug-likeness (QED) is 0.560. The van der Waals surface area contributed by atoms with Crippen molar-refractivity contribution in [2.24, 2.45) is 0 Å². The fourth-order valence-electron chi connectivity index (χ4n) is 2.87. The maximum absolute atomic E-state index is 2.49. The van der Waals surface area contributed by atoms with Crippen molar-refractivity contribution in [2.75, 3.05) is 6.16 Å². The first-order valence-corrected chi connectivity index (χ1v) is 9.41. The molecule has 0 fully saturated rings. The van der Waals surface area contributed by atoms with Crippen molar-refractivity contribution in [3.63, 3.8) is 0 Å². The van der Waals surface area contributed by atoms with E-state index >= 15 is 0 Å². The van der Waals surface area contributed by atoms with Gasteiger partial charge in [0.25, 0.3) is 0 Å². The van der Waals surface area contributed by atoms with Crippen LogP contribution in [-0.4, -0.2) is 27.3 Å². The maximum Gasteiger partial charge on any atom is -0.0172 e. The summed E-state index contributed by atoms with van der Waals surface area (Å²) >= 11 is 0. The third-order valence-corrected chi connectivity index (χ3v) is 8.99. The van der Waals surface area contributed by atoms with E-state index in [1.54, 1.807) is 0 Å². The van der Waals surface area contributed by atoms with Gasteiger partial charge in [-0.3, -0.25) is 0 Å². The fourth-order valence-corrected chi connectivity index (χ4v) is 9.44. The Morgan fingerprint density at radius 1 is 0.824 bits per heavy atom. The monoisotopic (exact) mass is 276 g/mol. The van der Waals surface area contributed by atoms with Gasteiger partial charge in [-0.15, -0.1) is 8.58 Å². The van der Waals surface area contributed by atoms with Crippen LogP contribution >= 0.6 is 16.5 Å². The molecule has 0 aromatic carbocycles. The molecule has 0 saturated heterocycles. The molecule has 0 N–H and O–H groups in total. The summed E-state index contributed by atoms with van der Waals surface area (Å²) in [5, 5.41) is 1.44. The highest BCUT2D eigenvalue weighted by Crippen LogP contribution is 2.63. The van der Waals surface area contributed by atoms with Crippen LogP contribution in [0.15, 0.2) is 0 Å². The van der Waals surface area contributed by atoms with Gasteiger partial charge in [-0.1, -0.05) is 77.2 Å². The molecule has 104 valence electrons. The van der Waals surface area contributed by atoms with Crippen molar-refractivity contribution >= 4 is 16.5 Å². The number of hydrogen-bond acceptors (Lipinski definition) is 0. The summed E-state index contributed by atoms with van der Waals surface area (Å²) in [5.74, 6) is 0. The van der Waals surface area contributed by atoms with Crippen LogP contribution in [0.5, 0.6) is 0 Å². The third-order valence-electron chi connectivity index (χ3n) is 2.81. The summed E-state index contributed by atoms with van der Waals surface area (Å²) in [5.41, 5.74) is 0.877. The molecule has 0 aliphatic rings. The van der Waals surface area contributed by atoms with Crippen LogP contribution < -0.4 is 0 Å². The second-order valence-electron chi connectivity index (χ2n) is 8.19. The Labute approximate surface area is 113 Å². The van der Waals surface area contributed by atoms with Crippen molar-refractivity contribution in [1.29, 1.82) is 0 Å². The lowest BCUT2D eigenvalue weighted by Crippen LogP contribution is -2.31. The van der Waals surface area contributed by atoms with E-state index in [1.807, 2.05) is 0 Å². The van der Waals surface area contributed by atoms with E-state index in [4.69, 9.17) is 0 Å². The SMILES string of the molecule is C[C@@H](CPC(C)(C)C)P(C(C)(C)C)C(C)(C)C. The molecule has 17 heavy (non-hydrogen) atoms. The van der Waals surface area contributed by atoms with Gasteiger partial charge >= 0.3 is 0 Å². The lowest BCUT2D eigenvalue weighted by molar-refractivity contribution is 0.691. The topological polar surface area (TPSA) is 0 Å². The second kappa shape index (κ2) is 5.88. The van der Waals surface area contributed by atoms with Gasteiger partial charge in [0.15, 0.2) is 0 Å².